The van der Waals surface area contributed by atoms with Gasteiger partial charge in [0, 0.05) is 7.11 Å². The molecule has 0 fully saturated rings. The van der Waals surface area contributed by atoms with Gasteiger partial charge in [-0.2, -0.15) is 0 Å². The molecule has 1 aromatic carbocycles. The Balaban J connectivity index is 3.03. The van der Waals surface area contributed by atoms with Gasteiger partial charge in [-0.05, 0) is 43.7 Å². The summed E-state index contributed by atoms with van der Waals surface area (Å²) in [6.45, 7) is 4.00. The molecule has 0 aliphatic rings. The summed E-state index contributed by atoms with van der Waals surface area (Å²) >= 11 is 0. The summed E-state index contributed by atoms with van der Waals surface area (Å²) in [6, 6.07) is 4.99. The molecule has 3 heteroatoms. The third-order valence-electron chi connectivity index (χ3n) is 2.95. The van der Waals surface area contributed by atoms with Crippen molar-refractivity contribution in [2.24, 2.45) is 0 Å². The number of methoxy groups -OCH3 is 1. The fourth-order valence-electron chi connectivity index (χ4n) is 2.07. The lowest BCUT2D eigenvalue weighted by atomic mass is 9.95. The van der Waals surface area contributed by atoms with Crippen molar-refractivity contribution >= 4 is 0 Å². The molecule has 2 unspecified atom stereocenters. The standard InChI is InChI=1S/C13H20FNO/c1-5-12(16-4)13(15-3)11-7-6-10(14)8-9(11)2/h6-8,12-13,15H,5H2,1-4H3. The van der Waals surface area contributed by atoms with Gasteiger partial charge < -0.3 is 10.1 Å². The maximum Gasteiger partial charge on any atom is 0.123 e. The van der Waals surface area contributed by atoms with Crippen molar-refractivity contribution in [1.82, 2.24) is 5.32 Å². The highest BCUT2D eigenvalue weighted by Gasteiger charge is 2.21. The fraction of sp³-hybridized carbons (Fsp3) is 0.538. The molecular formula is C13H20FNO. The third kappa shape index (κ3) is 2.80. The molecule has 1 N–H and O–H groups in total. The zero-order chi connectivity index (χ0) is 12.1. The van der Waals surface area contributed by atoms with Gasteiger partial charge in [-0.25, -0.2) is 4.39 Å². The van der Waals surface area contributed by atoms with Gasteiger partial charge in [-0.1, -0.05) is 13.0 Å². The minimum atomic E-state index is -0.193. The van der Waals surface area contributed by atoms with E-state index in [4.69, 9.17) is 4.74 Å². The van der Waals surface area contributed by atoms with Gasteiger partial charge in [0.2, 0.25) is 0 Å². The van der Waals surface area contributed by atoms with E-state index in [0.29, 0.717) is 0 Å². The zero-order valence-electron chi connectivity index (χ0n) is 10.4. The van der Waals surface area contributed by atoms with Crippen molar-refractivity contribution in [3.05, 3.63) is 35.1 Å². The number of ether oxygens (including phenoxy) is 1. The Labute approximate surface area is 96.8 Å². The molecule has 2 atom stereocenters. The molecule has 0 aliphatic heterocycles. The van der Waals surface area contributed by atoms with Crippen LogP contribution < -0.4 is 5.32 Å². The van der Waals surface area contributed by atoms with E-state index in [-0.39, 0.29) is 18.0 Å². The van der Waals surface area contributed by atoms with E-state index >= 15 is 0 Å². The second kappa shape index (κ2) is 5.97. The number of benzene rings is 1. The van der Waals surface area contributed by atoms with Gasteiger partial charge in [0.05, 0.1) is 12.1 Å². The molecule has 0 amide bonds. The largest absolute Gasteiger partial charge is 0.379 e. The molecule has 0 saturated carbocycles. The highest BCUT2D eigenvalue weighted by molar-refractivity contribution is 5.30. The maximum absolute atomic E-state index is 13.0. The van der Waals surface area contributed by atoms with E-state index in [9.17, 15) is 4.39 Å². The summed E-state index contributed by atoms with van der Waals surface area (Å²) in [6.07, 6.45) is 1.02. The Hall–Kier alpha value is -0.930. The lowest BCUT2D eigenvalue weighted by molar-refractivity contribution is 0.0673. The Bertz CT molecular complexity index is 337. The molecule has 0 saturated heterocycles. The predicted octanol–water partition coefficient (Wildman–Crippen LogP) is 2.82. The predicted molar refractivity (Wildman–Crippen MR) is 64.0 cm³/mol. The van der Waals surface area contributed by atoms with Crippen LogP contribution in [-0.4, -0.2) is 20.3 Å². The van der Waals surface area contributed by atoms with E-state index in [1.807, 2.05) is 20.0 Å². The van der Waals surface area contributed by atoms with Gasteiger partial charge in [0.15, 0.2) is 0 Å². The average Bonchev–Trinajstić information content (AvgIpc) is 2.27. The highest BCUT2D eigenvalue weighted by Crippen LogP contribution is 2.24. The quantitative estimate of drug-likeness (QED) is 0.832. The van der Waals surface area contributed by atoms with Crippen molar-refractivity contribution in [1.29, 1.82) is 0 Å². The van der Waals surface area contributed by atoms with E-state index in [2.05, 4.69) is 12.2 Å². The van der Waals surface area contributed by atoms with Crippen LogP contribution in [0, 0.1) is 12.7 Å². The molecule has 0 bridgehead atoms. The maximum atomic E-state index is 13.0. The molecule has 1 aromatic rings. The van der Waals surface area contributed by atoms with Gasteiger partial charge in [-0.15, -0.1) is 0 Å². The molecule has 90 valence electrons. The highest BCUT2D eigenvalue weighted by atomic mass is 19.1. The number of likely N-dealkylation sites (N-methyl/N-ethyl adjacent to an activating group) is 1. The van der Waals surface area contributed by atoms with Crippen LogP contribution in [0.15, 0.2) is 18.2 Å². The molecule has 0 spiro atoms. The van der Waals surface area contributed by atoms with Crippen LogP contribution in [0.25, 0.3) is 0 Å². The normalized spacial score (nSPS) is 14.8. The Kier molecular flexibility index (Phi) is 4.90. The minimum Gasteiger partial charge on any atom is -0.379 e. The molecule has 2 nitrogen and oxygen atoms in total. The van der Waals surface area contributed by atoms with Crippen LogP contribution in [0.4, 0.5) is 4.39 Å². The Morgan fingerprint density at radius 3 is 2.56 bits per heavy atom. The summed E-state index contributed by atoms with van der Waals surface area (Å²) in [5.74, 6) is -0.193. The summed E-state index contributed by atoms with van der Waals surface area (Å²) < 4.78 is 18.5. The summed E-state index contributed by atoms with van der Waals surface area (Å²) in [5.41, 5.74) is 2.05. The molecule has 1 rings (SSSR count). The van der Waals surface area contributed by atoms with E-state index in [1.165, 1.54) is 6.07 Å². The summed E-state index contributed by atoms with van der Waals surface area (Å²) in [5, 5.41) is 3.23. The first-order chi connectivity index (χ1) is 7.63. The fourth-order valence-corrected chi connectivity index (χ4v) is 2.07. The number of hydrogen-bond donors (Lipinski definition) is 1. The van der Waals surface area contributed by atoms with Gasteiger partial charge in [0.1, 0.15) is 5.82 Å². The van der Waals surface area contributed by atoms with E-state index < -0.39 is 0 Å². The van der Waals surface area contributed by atoms with Crippen LogP contribution in [0.2, 0.25) is 0 Å². The molecular weight excluding hydrogens is 205 g/mol. The molecule has 0 heterocycles. The number of halogens is 1. The number of rotatable bonds is 5. The topological polar surface area (TPSA) is 21.3 Å². The monoisotopic (exact) mass is 225 g/mol. The smallest absolute Gasteiger partial charge is 0.123 e. The van der Waals surface area contributed by atoms with Crippen molar-refractivity contribution < 1.29 is 9.13 Å². The first-order valence-electron chi connectivity index (χ1n) is 5.60. The van der Waals surface area contributed by atoms with Crippen molar-refractivity contribution in [3.8, 4) is 0 Å². The van der Waals surface area contributed by atoms with Crippen molar-refractivity contribution in [3.63, 3.8) is 0 Å². The lowest BCUT2D eigenvalue weighted by Crippen LogP contribution is -2.31. The zero-order valence-corrected chi connectivity index (χ0v) is 10.4. The van der Waals surface area contributed by atoms with Crippen molar-refractivity contribution in [2.45, 2.75) is 32.4 Å². The second-order valence-corrected chi connectivity index (χ2v) is 3.95. The first kappa shape index (κ1) is 13.1. The van der Waals surface area contributed by atoms with E-state index in [0.717, 1.165) is 17.5 Å². The number of aryl methyl sites for hydroxylation is 1. The Morgan fingerprint density at radius 2 is 2.12 bits per heavy atom. The van der Waals surface area contributed by atoms with Gasteiger partial charge in [0.25, 0.3) is 0 Å². The van der Waals surface area contributed by atoms with E-state index in [1.54, 1.807) is 13.2 Å². The lowest BCUT2D eigenvalue weighted by Gasteiger charge is -2.26. The number of nitrogens with one attached hydrogen (secondary N) is 1. The van der Waals surface area contributed by atoms with Crippen LogP contribution in [0.3, 0.4) is 0 Å². The van der Waals surface area contributed by atoms with Crippen LogP contribution in [0.5, 0.6) is 0 Å². The van der Waals surface area contributed by atoms with Gasteiger partial charge in [-0.3, -0.25) is 0 Å². The van der Waals surface area contributed by atoms with Crippen LogP contribution in [0.1, 0.15) is 30.5 Å². The summed E-state index contributed by atoms with van der Waals surface area (Å²) in [7, 11) is 3.60. The third-order valence-corrected chi connectivity index (χ3v) is 2.95. The van der Waals surface area contributed by atoms with Crippen LogP contribution >= 0.6 is 0 Å². The second-order valence-electron chi connectivity index (χ2n) is 3.95. The SMILES string of the molecule is CCC(OC)C(NC)c1ccc(F)cc1C. The minimum absolute atomic E-state index is 0.106. The van der Waals surface area contributed by atoms with Crippen molar-refractivity contribution in [2.75, 3.05) is 14.2 Å². The van der Waals surface area contributed by atoms with Gasteiger partial charge >= 0.3 is 0 Å². The molecule has 0 aliphatic carbocycles. The average molecular weight is 225 g/mol. The Morgan fingerprint density at radius 1 is 1.44 bits per heavy atom. The molecule has 0 aromatic heterocycles. The number of hydrogen-bond acceptors (Lipinski definition) is 2. The van der Waals surface area contributed by atoms with Crippen LogP contribution in [-0.2, 0) is 4.74 Å². The molecule has 16 heavy (non-hydrogen) atoms. The molecule has 0 radical (unpaired) electrons. The summed E-state index contributed by atoms with van der Waals surface area (Å²) in [4.78, 5) is 0. The first-order valence-corrected chi connectivity index (χ1v) is 5.60.